The molecule has 0 saturated carbocycles. The van der Waals surface area contributed by atoms with Crippen LogP contribution in [0.25, 0.3) is 88.4 Å². The minimum Gasteiger partial charge on any atom is -0.456 e. The van der Waals surface area contributed by atoms with Crippen molar-refractivity contribution in [1.82, 2.24) is 0 Å². The molecular formula is C59H39NO2. The van der Waals surface area contributed by atoms with E-state index in [-0.39, 0.29) is 5.41 Å². The van der Waals surface area contributed by atoms with Gasteiger partial charge < -0.3 is 13.7 Å². The van der Waals surface area contributed by atoms with Crippen LogP contribution in [0.2, 0.25) is 0 Å². The number of para-hydroxylation sites is 2. The fourth-order valence-electron chi connectivity index (χ4n) is 11.7. The molecule has 2 aliphatic heterocycles. The molecule has 15 rings (SSSR count). The third-order valence-electron chi connectivity index (χ3n) is 14.7. The summed E-state index contributed by atoms with van der Waals surface area (Å²) >= 11 is 0. The normalized spacial score (nSPS) is 16.5. The summed E-state index contributed by atoms with van der Waals surface area (Å²) in [5, 5.41) is 4.58. The second kappa shape index (κ2) is 11.8. The lowest BCUT2D eigenvalue weighted by atomic mass is 9.70. The first-order valence-corrected chi connectivity index (χ1v) is 21.7. The van der Waals surface area contributed by atoms with E-state index in [1.807, 2.05) is 12.1 Å². The van der Waals surface area contributed by atoms with Crippen molar-refractivity contribution >= 4 is 60.9 Å². The van der Waals surface area contributed by atoms with E-state index in [1.54, 1.807) is 0 Å². The van der Waals surface area contributed by atoms with Gasteiger partial charge in [0.05, 0.1) is 5.69 Å². The lowest BCUT2D eigenvalue weighted by Crippen LogP contribution is -2.24. The average Bonchev–Trinajstić information content (AvgIpc) is 4.01. The van der Waals surface area contributed by atoms with Crippen LogP contribution < -0.4 is 4.90 Å². The number of benzene rings is 9. The van der Waals surface area contributed by atoms with Gasteiger partial charge in [-0.1, -0.05) is 123 Å². The van der Waals surface area contributed by atoms with E-state index in [0.717, 1.165) is 71.9 Å². The van der Waals surface area contributed by atoms with Crippen molar-refractivity contribution < 1.29 is 8.83 Å². The highest BCUT2D eigenvalue weighted by Gasteiger charge is 2.47. The van der Waals surface area contributed by atoms with Gasteiger partial charge >= 0.3 is 0 Å². The van der Waals surface area contributed by atoms with Crippen molar-refractivity contribution in [2.75, 3.05) is 4.90 Å². The average molecular weight is 794 g/mol. The summed E-state index contributed by atoms with van der Waals surface area (Å²) in [4.78, 5) is 2.46. The molecule has 0 spiro atoms. The van der Waals surface area contributed by atoms with Gasteiger partial charge in [-0.15, -0.1) is 0 Å². The fourth-order valence-corrected chi connectivity index (χ4v) is 11.7. The highest BCUT2D eigenvalue weighted by Crippen LogP contribution is 2.62. The molecule has 0 fully saturated rings. The quantitative estimate of drug-likeness (QED) is 0.175. The first-order valence-electron chi connectivity index (χ1n) is 21.7. The Labute approximate surface area is 359 Å². The third kappa shape index (κ3) is 4.30. The Morgan fingerprint density at radius 1 is 0.387 bits per heavy atom. The van der Waals surface area contributed by atoms with Crippen molar-refractivity contribution in [3.8, 4) is 44.5 Å². The summed E-state index contributed by atoms with van der Waals surface area (Å²) in [6.45, 7) is 7.24. The SMILES string of the molecule is CC1(C)c2cc3c4cc2-c2c(cccc21)N(c1ccc(-c2ccc5c(c2)oc2ccccc25)cc1)c1ccc(cc1)-c1ccc2c(oc5ccccc52)c1C4(C)c1ccccc1-3. The predicted molar refractivity (Wildman–Crippen MR) is 255 cm³/mol. The molecule has 2 aliphatic carbocycles. The maximum atomic E-state index is 7.01. The van der Waals surface area contributed by atoms with Crippen molar-refractivity contribution in [3.63, 3.8) is 0 Å². The summed E-state index contributed by atoms with van der Waals surface area (Å²) in [5.41, 5.74) is 22.7. The van der Waals surface area contributed by atoms with Gasteiger partial charge in [-0.3, -0.25) is 0 Å². The van der Waals surface area contributed by atoms with Crippen LogP contribution in [-0.2, 0) is 10.8 Å². The second-order valence-electron chi connectivity index (χ2n) is 18.1. The highest BCUT2D eigenvalue weighted by atomic mass is 16.3. The molecule has 9 aromatic carbocycles. The summed E-state index contributed by atoms with van der Waals surface area (Å²) < 4.78 is 13.3. The van der Waals surface area contributed by atoms with E-state index in [2.05, 4.69) is 196 Å². The Kier molecular flexibility index (Phi) is 6.50. The number of rotatable bonds is 2. The van der Waals surface area contributed by atoms with Gasteiger partial charge in [0.1, 0.15) is 22.3 Å². The molecule has 0 N–H and O–H groups in total. The van der Waals surface area contributed by atoms with E-state index < -0.39 is 5.41 Å². The van der Waals surface area contributed by atoms with Crippen LogP contribution in [0.15, 0.2) is 191 Å². The van der Waals surface area contributed by atoms with Gasteiger partial charge in [-0.25, -0.2) is 0 Å². The van der Waals surface area contributed by atoms with Crippen LogP contribution in [0.5, 0.6) is 0 Å². The zero-order valence-electron chi connectivity index (χ0n) is 34.6. The number of hydrogen-bond donors (Lipinski definition) is 0. The smallest absolute Gasteiger partial charge is 0.140 e. The monoisotopic (exact) mass is 793 g/mol. The van der Waals surface area contributed by atoms with E-state index in [9.17, 15) is 0 Å². The zero-order chi connectivity index (χ0) is 41.1. The molecule has 4 aliphatic rings. The number of anilines is 3. The van der Waals surface area contributed by atoms with Crippen LogP contribution >= 0.6 is 0 Å². The molecule has 3 nitrogen and oxygen atoms in total. The van der Waals surface area contributed by atoms with Crippen molar-refractivity contribution in [3.05, 3.63) is 210 Å². The maximum absolute atomic E-state index is 7.01. The van der Waals surface area contributed by atoms with Crippen LogP contribution in [0.4, 0.5) is 17.1 Å². The Morgan fingerprint density at radius 3 is 1.79 bits per heavy atom. The summed E-state index contributed by atoms with van der Waals surface area (Å²) in [6.07, 6.45) is 0. The van der Waals surface area contributed by atoms with Gasteiger partial charge in [0.15, 0.2) is 0 Å². The molecule has 4 bridgehead atoms. The zero-order valence-corrected chi connectivity index (χ0v) is 34.6. The van der Waals surface area contributed by atoms with E-state index in [4.69, 9.17) is 8.83 Å². The molecule has 0 saturated heterocycles. The van der Waals surface area contributed by atoms with Gasteiger partial charge in [0, 0.05) is 54.9 Å². The summed E-state index contributed by atoms with van der Waals surface area (Å²) in [7, 11) is 0. The molecule has 0 amide bonds. The number of fused-ring (bicyclic) bond motifs is 10. The summed E-state index contributed by atoms with van der Waals surface area (Å²) in [5.74, 6) is 0. The standard InChI is InChI=1S/C59H39NO2/c1-58(2)48-15-10-16-51-55(48)46-33-50-45(32-49(46)58)40-11-4-7-14-47(40)59(50,3)56-39(29-30-44-42-13-6-9-18-53(42)62-57(44)56)35-21-26-38(27-22-35)60(51)37-24-19-34(20-25-37)36-23-28-43-41-12-5-8-17-52(41)61-54(43)31-36/h4-33H,1-3H3. The first kappa shape index (κ1) is 34.1. The largest absolute Gasteiger partial charge is 0.456 e. The molecule has 292 valence electrons. The minimum absolute atomic E-state index is 0.223. The lowest BCUT2D eigenvalue weighted by Gasteiger charge is -2.31. The molecule has 11 aromatic rings. The minimum atomic E-state index is -0.515. The van der Waals surface area contributed by atoms with Gasteiger partial charge in [0.25, 0.3) is 0 Å². The highest BCUT2D eigenvalue weighted by molar-refractivity contribution is 6.10. The first-order chi connectivity index (χ1) is 30.4. The van der Waals surface area contributed by atoms with Crippen molar-refractivity contribution in [2.45, 2.75) is 31.6 Å². The third-order valence-corrected chi connectivity index (χ3v) is 14.7. The van der Waals surface area contributed by atoms with E-state index in [0.29, 0.717) is 0 Å². The Balaban J connectivity index is 1.03. The topological polar surface area (TPSA) is 29.5 Å². The van der Waals surface area contributed by atoms with E-state index in [1.165, 1.54) is 61.3 Å². The summed E-state index contributed by atoms with van der Waals surface area (Å²) in [6, 6.07) is 67.2. The van der Waals surface area contributed by atoms with Crippen LogP contribution in [0.3, 0.4) is 0 Å². The number of furan rings is 2. The van der Waals surface area contributed by atoms with E-state index >= 15 is 0 Å². The van der Waals surface area contributed by atoms with Crippen LogP contribution in [0.1, 0.15) is 48.6 Å². The van der Waals surface area contributed by atoms with Crippen molar-refractivity contribution in [1.29, 1.82) is 0 Å². The predicted octanol–water partition coefficient (Wildman–Crippen LogP) is 16.2. The van der Waals surface area contributed by atoms with Gasteiger partial charge in [0.2, 0.25) is 0 Å². The molecule has 4 heterocycles. The molecular weight excluding hydrogens is 755 g/mol. The van der Waals surface area contributed by atoms with Crippen molar-refractivity contribution in [2.24, 2.45) is 0 Å². The van der Waals surface area contributed by atoms with Gasteiger partial charge in [-0.2, -0.15) is 0 Å². The maximum Gasteiger partial charge on any atom is 0.140 e. The molecule has 0 radical (unpaired) electrons. The number of hydrogen-bond acceptors (Lipinski definition) is 3. The molecule has 1 atom stereocenters. The molecule has 1 unspecified atom stereocenters. The van der Waals surface area contributed by atoms with Crippen LogP contribution in [-0.4, -0.2) is 0 Å². The molecule has 2 aromatic heterocycles. The Morgan fingerprint density at radius 2 is 1.00 bits per heavy atom. The lowest BCUT2D eigenvalue weighted by molar-refractivity contribution is 0.638. The molecule has 62 heavy (non-hydrogen) atoms. The molecule has 3 heteroatoms. The fraction of sp³-hybridized carbons (Fsp3) is 0.0847. The second-order valence-corrected chi connectivity index (χ2v) is 18.1. The Bertz CT molecular complexity index is 3730. The van der Waals surface area contributed by atoms with Gasteiger partial charge in [-0.05, 0) is 141 Å². The Hall–Kier alpha value is -7.62. The van der Waals surface area contributed by atoms with Crippen LogP contribution in [0, 0.1) is 0 Å². The number of nitrogens with zero attached hydrogens (tertiary/aromatic N) is 1.